The first kappa shape index (κ1) is 21.9. The molecule has 4 rings (SSSR count). The van der Waals surface area contributed by atoms with Crippen LogP contribution in [0.1, 0.15) is 23.2 Å². The predicted octanol–water partition coefficient (Wildman–Crippen LogP) is -0.490. The van der Waals surface area contributed by atoms with Crippen molar-refractivity contribution in [3.63, 3.8) is 0 Å². The van der Waals surface area contributed by atoms with Gasteiger partial charge < -0.3 is 0 Å². The topological polar surface area (TPSA) is 180 Å². The van der Waals surface area contributed by atoms with Crippen molar-refractivity contribution in [3.8, 4) is 0 Å². The van der Waals surface area contributed by atoms with Gasteiger partial charge in [-0.1, -0.05) is 0 Å². The molecule has 0 aliphatic heterocycles. The molecule has 0 atom stereocenters. The van der Waals surface area contributed by atoms with E-state index >= 15 is 0 Å². The number of nitrogens with zero attached hydrogens (tertiary/aromatic N) is 14. The van der Waals surface area contributed by atoms with Crippen LogP contribution < -0.4 is 0 Å². The smallest absolute Gasteiger partial charge is 0.170 e. The first-order chi connectivity index (χ1) is 13.6. The van der Waals surface area contributed by atoms with Gasteiger partial charge in [0.15, 0.2) is 12.2 Å². The van der Waals surface area contributed by atoms with E-state index in [1.165, 1.54) is 31.6 Å². The molecule has 0 amide bonds. The molecule has 4 aromatic heterocycles. The Morgan fingerprint density at radius 1 is 0.500 bits per heavy atom. The van der Waals surface area contributed by atoms with Gasteiger partial charge in [-0.3, -0.25) is 0 Å². The Hall–Kier alpha value is -4.10. The Kier molecular flexibility index (Phi) is 11.1. The van der Waals surface area contributed by atoms with Crippen molar-refractivity contribution in [1.29, 1.82) is 0 Å². The Labute approximate surface area is 160 Å². The van der Waals surface area contributed by atoms with Crippen LogP contribution in [0.15, 0.2) is 37.8 Å². The van der Waals surface area contributed by atoms with E-state index in [9.17, 15) is 0 Å². The number of hydrogen-bond acceptors (Lipinski definition) is 14. The van der Waals surface area contributed by atoms with E-state index in [-0.39, 0.29) is 0 Å². The first-order valence-electron chi connectivity index (χ1n) is 7.69. The molecule has 0 bridgehead atoms. The quantitative estimate of drug-likeness (QED) is 0.380. The van der Waals surface area contributed by atoms with E-state index in [4.69, 9.17) is 0 Å². The highest BCUT2D eigenvalue weighted by Gasteiger charge is 1.79. The monoisotopic (exact) mass is 382 g/mol. The van der Waals surface area contributed by atoms with E-state index in [1.54, 1.807) is 13.1 Å². The Balaban J connectivity index is 0.000000187. The number of hydrogen-bond donors (Lipinski definition) is 0. The third-order valence-corrected chi connectivity index (χ3v) is 2.29. The molecule has 0 spiro atoms. The summed E-state index contributed by atoms with van der Waals surface area (Å²) in [6, 6.07) is 0. The summed E-state index contributed by atoms with van der Waals surface area (Å²) in [5.74, 6) is 2.12. The molecule has 0 aliphatic carbocycles. The summed E-state index contributed by atoms with van der Waals surface area (Å²) in [4.78, 5) is 22.3. The third-order valence-electron chi connectivity index (χ3n) is 2.29. The molecule has 0 saturated heterocycles. The summed E-state index contributed by atoms with van der Waals surface area (Å²) in [7, 11) is 0. The SMILES string of the molecule is Cc1cnnnn1.Cc1ncncn1.Cc1ncncn1.Cc1nncnn1. The summed E-state index contributed by atoms with van der Waals surface area (Å²) in [6.07, 6.45) is 8.75. The highest BCUT2D eigenvalue weighted by atomic mass is 15.4. The zero-order valence-corrected chi connectivity index (χ0v) is 15.7. The van der Waals surface area contributed by atoms with Crippen LogP contribution in [0.5, 0.6) is 0 Å². The van der Waals surface area contributed by atoms with Crippen molar-refractivity contribution in [2.75, 3.05) is 0 Å². The molecule has 0 radical (unpaired) electrons. The van der Waals surface area contributed by atoms with Gasteiger partial charge in [0, 0.05) is 0 Å². The van der Waals surface area contributed by atoms with Crippen LogP contribution in [0.25, 0.3) is 0 Å². The molecule has 28 heavy (non-hydrogen) atoms. The molecule has 4 heterocycles. The van der Waals surface area contributed by atoms with Gasteiger partial charge >= 0.3 is 0 Å². The number of aromatic nitrogens is 14. The second-order valence-electron chi connectivity index (χ2n) is 4.63. The van der Waals surface area contributed by atoms with Crippen molar-refractivity contribution in [2.45, 2.75) is 27.7 Å². The van der Waals surface area contributed by atoms with Gasteiger partial charge in [0.2, 0.25) is 0 Å². The van der Waals surface area contributed by atoms with Gasteiger partial charge in [0.05, 0.1) is 11.9 Å². The predicted molar refractivity (Wildman–Crippen MR) is 93.8 cm³/mol. The van der Waals surface area contributed by atoms with E-state index in [2.05, 4.69) is 70.9 Å². The first-order valence-corrected chi connectivity index (χ1v) is 7.69. The molecule has 0 aliphatic rings. The lowest BCUT2D eigenvalue weighted by Crippen LogP contribution is -1.90. The van der Waals surface area contributed by atoms with Crippen molar-refractivity contribution in [3.05, 3.63) is 61.0 Å². The fourth-order valence-corrected chi connectivity index (χ4v) is 1.10. The summed E-state index contributed by atoms with van der Waals surface area (Å²) >= 11 is 0. The molecule has 0 unspecified atom stereocenters. The van der Waals surface area contributed by atoms with Crippen molar-refractivity contribution in [1.82, 2.24) is 70.9 Å². The molecular weight excluding hydrogens is 364 g/mol. The average Bonchev–Trinajstić information content (AvgIpc) is 2.72. The normalized spacial score (nSPS) is 8.71. The zero-order valence-electron chi connectivity index (χ0n) is 15.7. The van der Waals surface area contributed by atoms with Crippen LogP contribution in [-0.4, -0.2) is 70.9 Å². The van der Waals surface area contributed by atoms with E-state index in [0.717, 1.165) is 17.3 Å². The maximum Gasteiger partial charge on any atom is 0.170 e. The summed E-state index contributed by atoms with van der Waals surface area (Å²) < 4.78 is 0. The lowest BCUT2D eigenvalue weighted by Gasteiger charge is -1.80. The highest BCUT2D eigenvalue weighted by molar-refractivity contribution is 4.81. The summed E-state index contributed by atoms with van der Waals surface area (Å²) in [5, 5.41) is 27.6. The minimum Gasteiger partial charge on any atom is -0.225 e. The minimum absolute atomic E-state index is 0.600. The molecule has 14 heteroatoms. The zero-order chi connectivity index (χ0) is 20.5. The standard InChI is InChI=1S/2C4H5N3.2C3H4N4/c2*1-4-6-2-5-3-7-4;1-3-6-4-2-5-7-3;1-3-2-4-6-7-5-3/h2*2-3H,1H3;2*2H,1H3. The van der Waals surface area contributed by atoms with Crippen molar-refractivity contribution in [2.24, 2.45) is 0 Å². The molecule has 0 aromatic carbocycles. The van der Waals surface area contributed by atoms with Crippen LogP contribution >= 0.6 is 0 Å². The van der Waals surface area contributed by atoms with Gasteiger partial charge in [-0.15, -0.1) is 30.6 Å². The Bertz CT molecular complexity index is 698. The Morgan fingerprint density at radius 2 is 1.00 bits per heavy atom. The van der Waals surface area contributed by atoms with Gasteiger partial charge in [0.1, 0.15) is 37.0 Å². The summed E-state index contributed by atoms with van der Waals surface area (Å²) in [6.45, 7) is 7.19. The molecule has 144 valence electrons. The van der Waals surface area contributed by atoms with E-state index in [1.807, 2.05) is 20.8 Å². The largest absolute Gasteiger partial charge is 0.225 e. The lowest BCUT2D eigenvalue weighted by molar-refractivity contribution is 0.742. The number of rotatable bonds is 0. The van der Waals surface area contributed by atoms with Crippen molar-refractivity contribution < 1.29 is 0 Å². The van der Waals surface area contributed by atoms with Gasteiger partial charge in [-0.25, -0.2) is 29.9 Å². The third kappa shape index (κ3) is 12.3. The maximum atomic E-state index is 3.76. The second kappa shape index (κ2) is 14.1. The van der Waals surface area contributed by atoms with Crippen molar-refractivity contribution >= 4 is 0 Å². The van der Waals surface area contributed by atoms with Crippen LogP contribution in [0.4, 0.5) is 0 Å². The average molecular weight is 382 g/mol. The second-order valence-corrected chi connectivity index (χ2v) is 4.63. The molecule has 0 fully saturated rings. The van der Waals surface area contributed by atoms with Crippen LogP contribution in [0.2, 0.25) is 0 Å². The van der Waals surface area contributed by atoms with Crippen LogP contribution in [-0.2, 0) is 0 Å². The van der Waals surface area contributed by atoms with E-state index in [0.29, 0.717) is 5.82 Å². The Morgan fingerprint density at radius 3 is 1.21 bits per heavy atom. The molecule has 14 nitrogen and oxygen atoms in total. The van der Waals surface area contributed by atoms with Gasteiger partial charge in [-0.05, 0) is 38.1 Å². The molecule has 4 aromatic rings. The summed E-state index contributed by atoms with van der Waals surface area (Å²) in [5.41, 5.74) is 0.787. The number of aryl methyl sites for hydroxylation is 4. The fraction of sp³-hybridized carbons (Fsp3) is 0.286. The molecule has 0 N–H and O–H groups in total. The highest BCUT2D eigenvalue weighted by Crippen LogP contribution is 1.76. The van der Waals surface area contributed by atoms with Crippen LogP contribution in [0.3, 0.4) is 0 Å². The van der Waals surface area contributed by atoms with E-state index < -0.39 is 0 Å². The minimum atomic E-state index is 0.600. The van der Waals surface area contributed by atoms with Gasteiger partial charge in [0.25, 0.3) is 0 Å². The maximum absolute atomic E-state index is 3.76. The van der Waals surface area contributed by atoms with Crippen LogP contribution in [0, 0.1) is 27.7 Å². The fourth-order valence-electron chi connectivity index (χ4n) is 1.10. The molecule has 0 saturated carbocycles. The lowest BCUT2D eigenvalue weighted by atomic mass is 10.6. The molecular formula is C14H18N14. The van der Waals surface area contributed by atoms with Gasteiger partial charge in [-0.2, -0.15) is 0 Å².